The Balaban J connectivity index is 2.26. The van der Waals surface area contributed by atoms with Crippen molar-refractivity contribution in [2.24, 2.45) is 0 Å². The molecule has 0 N–H and O–H groups in total. The van der Waals surface area contributed by atoms with Gasteiger partial charge in [0.2, 0.25) is 0 Å². The number of hydrogen-bond donors (Lipinski definition) is 0. The summed E-state index contributed by atoms with van der Waals surface area (Å²) in [6, 6.07) is 0.702. The fraction of sp³-hybridized carbons (Fsp3) is 1.00. The van der Waals surface area contributed by atoms with E-state index in [1.165, 1.54) is 32.7 Å². The average Bonchev–Trinajstić information content (AvgIpc) is 2.18. The summed E-state index contributed by atoms with van der Waals surface area (Å²) < 4.78 is 0. The van der Waals surface area contributed by atoms with Crippen molar-refractivity contribution in [1.82, 2.24) is 14.7 Å². The Hall–Kier alpha value is -0.120. The van der Waals surface area contributed by atoms with Gasteiger partial charge in [0.1, 0.15) is 0 Å². The predicted octanol–water partition coefficient (Wildman–Crippen LogP) is 0.574. The van der Waals surface area contributed by atoms with Crippen LogP contribution in [0.15, 0.2) is 0 Å². The van der Waals surface area contributed by atoms with Gasteiger partial charge in [-0.3, -0.25) is 4.90 Å². The molecular weight excluding hydrogens is 174 g/mol. The lowest BCUT2D eigenvalue weighted by molar-refractivity contribution is 0.101. The van der Waals surface area contributed by atoms with E-state index in [0.717, 1.165) is 6.54 Å². The summed E-state index contributed by atoms with van der Waals surface area (Å²) >= 11 is 0. The zero-order chi connectivity index (χ0) is 10.6. The highest BCUT2D eigenvalue weighted by atomic mass is 15.3. The van der Waals surface area contributed by atoms with Crippen LogP contribution in [0.3, 0.4) is 0 Å². The first-order chi connectivity index (χ1) is 6.63. The molecule has 84 valence electrons. The Kier molecular flexibility index (Phi) is 4.85. The van der Waals surface area contributed by atoms with E-state index >= 15 is 0 Å². The molecule has 1 unspecified atom stereocenters. The Labute approximate surface area is 88.7 Å². The summed E-state index contributed by atoms with van der Waals surface area (Å²) in [6.45, 7) is 11.8. The molecule has 0 aromatic carbocycles. The molecular formula is C11H25N3. The highest BCUT2D eigenvalue weighted by Crippen LogP contribution is 2.05. The van der Waals surface area contributed by atoms with Crippen LogP contribution in [-0.4, -0.2) is 74.1 Å². The molecule has 1 aliphatic heterocycles. The van der Waals surface area contributed by atoms with Crippen molar-refractivity contribution in [1.29, 1.82) is 0 Å². The second-order valence-electron chi connectivity index (χ2n) is 4.54. The molecule has 14 heavy (non-hydrogen) atoms. The van der Waals surface area contributed by atoms with Crippen molar-refractivity contribution in [2.45, 2.75) is 19.9 Å². The Morgan fingerprint density at radius 1 is 1.21 bits per heavy atom. The Morgan fingerprint density at radius 2 is 1.79 bits per heavy atom. The molecule has 0 amide bonds. The third-order valence-corrected chi connectivity index (χ3v) is 3.28. The van der Waals surface area contributed by atoms with Gasteiger partial charge in [0.05, 0.1) is 0 Å². The number of piperazine rings is 1. The SMILES string of the molecule is CCN(C)CC(C)N1CCN(C)CC1. The molecule has 1 rings (SSSR count). The molecule has 0 saturated carbocycles. The van der Waals surface area contributed by atoms with Gasteiger partial charge in [-0.2, -0.15) is 0 Å². The zero-order valence-electron chi connectivity index (χ0n) is 10.2. The van der Waals surface area contributed by atoms with Gasteiger partial charge in [-0.25, -0.2) is 0 Å². The van der Waals surface area contributed by atoms with Gasteiger partial charge in [0.25, 0.3) is 0 Å². The molecule has 0 radical (unpaired) electrons. The van der Waals surface area contributed by atoms with E-state index in [9.17, 15) is 0 Å². The summed E-state index contributed by atoms with van der Waals surface area (Å²) in [5.41, 5.74) is 0. The third-order valence-electron chi connectivity index (χ3n) is 3.28. The zero-order valence-corrected chi connectivity index (χ0v) is 10.2. The number of hydrogen-bond acceptors (Lipinski definition) is 3. The van der Waals surface area contributed by atoms with Gasteiger partial charge in [-0.1, -0.05) is 6.92 Å². The van der Waals surface area contributed by atoms with Crippen LogP contribution in [0.25, 0.3) is 0 Å². The lowest BCUT2D eigenvalue weighted by atomic mass is 10.2. The lowest BCUT2D eigenvalue weighted by Crippen LogP contribution is -2.50. The van der Waals surface area contributed by atoms with E-state index in [-0.39, 0.29) is 0 Å². The predicted molar refractivity (Wildman–Crippen MR) is 61.7 cm³/mol. The van der Waals surface area contributed by atoms with Crippen LogP contribution in [0.5, 0.6) is 0 Å². The first kappa shape index (κ1) is 12.0. The van der Waals surface area contributed by atoms with Gasteiger partial charge in [-0.05, 0) is 27.6 Å². The number of nitrogens with zero attached hydrogens (tertiary/aromatic N) is 3. The van der Waals surface area contributed by atoms with Gasteiger partial charge >= 0.3 is 0 Å². The molecule has 1 fully saturated rings. The lowest BCUT2D eigenvalue weighted by Gasteiger charge is -2.37. The van der Waals surface area contributed by atoms with E-state index in [0.29, 0.717) is 6.04 Å². The van der Waals surface area contributed by atoms with E-state index < -0.39 is 0 Å². The maximum Gasteiger partial charge on any atom is 0.0195 e. The molecule has 1 saturated heterocycles. The highest BCUT2D eigenvalue weighted by molar-refractivity contribution is 4.76. The van der Waals surface area contributed by atoms with Crippen molar-refractivity contribution in [3.05, 3.63) is 0 Å². The van der Waals surface area contributed by atoms with Crippen molar-refractivity contribution < 1.29 is 0 Å². The van der Waals surface area contributed by atoms with E-state index in [4.69, 9.17) is 0 Å². The van der Waals surface area contributed by atoms with Crippen LogP contribution in [0.2, 0.25) is 0 Å². The molecule has 0 spiro atoms. The maximum atomic E-state index is 2.60. The summed E-state index contributed by atoms with van der Waals surface area (Å²) in [7, 11) is 4.41. The first-order valence-electron chi connectivity index (χ1n) is 5.74. The highest BCUT2D eigenvalue weighted by Gasteiger charge is 2.19. The van der Waals surface area contributed by atoms with Crippen molar-refractivity contribution in [3.8, 4) is 0 Å². The fourth-order valence-corrected chi connectivity index (χ4v) is 1.96. The van der Waals surface area contributed by atoms with Crippen LogP contribution in [0.1, 0.15) is 13.8 Å². The molecule has 0 bridgehead atoms. The molecule has 1 atom stereocenters. The van der Waals surface area contributed by atoms with Gasteiger partial charge in [-0.15, -0.1) is 0 Å². The minimum absolute atomic E-state index is 0.702. The van der Waals surface area contributed by atoms with E-state index in [1.54, 1.807) is 0 Å². The number of likely N-dealkylation sites (N-methyl/N-ethyl adjacent to an activating group) is 2. The minimum atomic E-state index is 0.702. The second-order valence-corrected chi connectivity index (χ2v) is 4.54. The van der Waals surface area contributed by atoms with Crippen LogP contribution < -0.4 is 0 Å². The van der Waals surface area contributed by atoms with Crippen LogP contribution in [0.4, 0.5) is 0 Å². The molecule has 0 aromatic rings. The smallest absolute Gasteiger partial charge is 0.0195 e. The maximum absolute atomic E-state index is 2.60. The fourth-order valence-electron chi connectivity index (χ4n) is 1.96. The molecule has 1 aliphatic rings. The molecule has 1 heterocycles. The van der Waals surface area contributed by atoms with Crippen molar-refractivity contribution in [2.75, 3.05) is 53.4 Å². The molecule has 3 nitrogen and oxygen atoms in total. The van der Waals surface area contributed by atoms with Gasteiger partial charge in [0, 0.05) is 38.8 Å². The monoisotopic (exact) mass is 199 g/mol. The summed E-state index contributed by atoms with van der Waals surface area (Å²) in [5, 5.41) is 0. The molecule has 0 aliphatic carbocycles. The summed E-state index contributed by atoms with van der Waals surface area (Å²) in [4.78, 5) is 7.40. The average molecular weight is 199 g/mol. The third kappa shape index (κ3) is 3.56. The summed E-state index contributed by atoms with van der Waals surface area (Å²) in [6.07, 6.45) is 0. The molecule has 0 aromatic heterocycles. The largest absolute Gasteiger partial charge is 0.305 e. The van der Waals surface area contributed by atoms with Crippen LogP contribution in [-0.2, 0) is 0 Å². The standard InChI is InChI=1S/C11H25N3/c1-5-12(3)10-11(2)14-8-6-13(4)7-9-14/h11H,5-10H2,1-4H3. The van der Waals surface area contributed by atoms with Gasteiger partial charge in [0.15, 0.2) is 0 Å². The normalized spacial score (nSPS) is 22.9. The van der Waals surface area contributed by atoms with Crippen LogP contribution in [0, 0.1) is 0 Å². The number of rotatable bonds is 4. The van der Waals surface area contributed by atoms with Crippen molar-refractivity contribution in [3.63, 3.8) is 0 Å². The van der Waals surface area contributed by atoms with Crippen molar-refractivity contribution >= 4 is 0 Å². The molecule has 3 heteroatoms. The Morgan fingerprint density at radius 3 is 2.29 bits per heavy atom. The van der Waals surface area contributed by atoms with Gasteiger partial charge < -0.3 is 9.80 Å². The Bertz CT molecular complexity index is 153. The quantitative estimate of drug-likeness (QED) is 0.655. The topological polar surface area (TPSA) is 9.72 Å². The van der Waals surface area contributed by atoms with Crippen LogP contribution >= 0.6 is 0 Å². The first-order valence-corrected chi connectivity index (χ1v) is 5.74. The second kappa shape index (κ2) is 5.69. The van der Waals surface area contributed by atoms with E-state index in [2.05, 4.69) is 42.6 Å². The van der Waals surface area contributed by atoms with E-state index in [1.807, 2.05) is 0 Å². The summed E-state index contributed by atoms with van der Waals surface area (Å²) in [5.74, 6) is 0. The minimum Gasteiger partial charge on any atom is -0.305 e.